The highest BCUT2D eigenvalue weighted by Crippen LogP contribution is 2.31. The first-order chi connectivity index (χ1) is 21.9. The molecule has 0 unspecified atom stereocenters. The molecule has 1 aliphatic rings. The van der Waals surface area contributed by atoms with Gasteiger partial charge in [-0.15, -0.1) is 0 Å². The molecule has 5 rings (SSSR count). The maximum atomic E-state index is 13.6. The number of carbonyl (C=O) groups excluding carboxylic acids is 1. The van der Waals surface area contributed by atoms with Crippen molar-refractivity contribution in [2.45, 2.75) is 20.3 Å². The fourth-order valence-electron chi connectivity index (χ4n) is 5.20. The van der Waals surface area contributed by atoms with E-state index in [1.54, 1.807) is 24.3 Å². The number of likely N-dealkylation sites (N-methyl/N-ethyl adjacent to an activating group) is 1. The molecule has 0 saturated carbocycles. The van der Waals surface area contributed by atoms with Crippen LogP contribution in [0.2, 0.25) is 0 Å². The van der Waals surface area contributed by atoms with Crippen LogP contribution in [0.4, 0.5) is 22.2 Å². The van der Waals surface area contributed by atoms with Gasteiger partial charge in [-0.1, -0.05) is 48.5 Å². The molecule has 10 heteroatoms. The van der Waals surface area contributed by atoms with Gasteiger partial charge in [0.25, 0.3) is 0 Å². The van der Waals surface area contributed by atoms with Gasteiger partial charge in [-0.2, -0.15) is 4.98 Å². The van der Waals surface area contributed by atoms with Gasteiger partial charge in [-0.3, -0.25) is 9.80 Å². The summed E-state index contributed by atoms with van der Waals surface area (Å²) in [6.07, 6.45) is 1.75. The van der Waals surface area contributed by atoms with Crippen molar-refractivity contribution in [1.29, 1.82) is 0 Å². The number of para-hydroxylation sites is 1. The summed E-state index contributed by atoms with van der Waals surface area (Å²) in [5.41, 5.74) is 3.60. The van der Waals surface area contributed by atoms with Crippen LogP contribution in [0.1, 0.15) is 16.7 Å². The van der Waals surface area contributed by atoms with Gasteiger partial charge in [0.05, 0.1) is 7.11 Å². The van der Waals surface area contributed by atoms with Crippen molar-refractivity contribution in [3.63, 3.8) is 0 Å². The van der Waals surface area contributed by atoms with E-state index in [2.05, 4.69) is 27.1 Å². The standard InChI is InChI=1S/C35H42N6O4/c1-26-9-8-10-27(2)33(26)45-35(42)41(18-16-28-11-6-5-7-12-28)32-15-17-36-34(38-32)37-29-13-14-30(31(25-29)43-4)44-24-23-40-21-19-39(3)20-22-40/h5-15,17,25H,16,18-24H2,1-4H3,(H,36,37,38). The molecule has 2 heterocycles. The van der Waals surface area contributed by atoms with Crippen molar-refractivity contribution >= 4 is 23.5 Å². The Bertz CT molecular complexity index is 1540. The van der Waals surface area contributed by atoms with E-state index >= 15 is 0 Å². The van der Waals surface area contributed by atoms with E-state index in [9.17, 15) is 4.79 Å². The van der Waals surface area contributed by atoms with Crippen LogP contribution in [-0.4, -0.2) is 85.9 Å². The maximum absolute atomic E-state index is 13.6. The summed E-state index contributed by atoms with van der Waals surface area (Å²) in [7, 11) is 3.77. The van der Waals surface area contributed by atoms with Crippen LogP contribution in [0.15, 0.2) is 79.0 Å². The summed E-state index contributed by atoms with van der Waals surface area (Å²) in [5, 5.41) is 3.24. The number of nitrogens with one attached hydrogen (secondary N) is 1. The first kappa shape index (κ1) is 31.7. The number of methoxy groups -OCH3 is 1. The Balaban J connectivity index is 1.29. The lowest BCUT2D eigenvalue weighted by molar-refractivity contribution is 0.133. The topological polar surface area (TPSA) is 92.3 Å². The van der Waals surface area contributed by atoms with Gasteiger partial charge < -0.3 is 24.4 Å². The molecular weight excluding hydrogens is 568 g/mol. The molecule has 0 spiro atoms. The zero-order valence-electron chi connectivity index (χ0n) is 26.5. The number of piperazine rings is 1. The number of nitrogens with zero attached hydrogens (tertiary/aromatic N) is 5. The summed E-state index contributed by atoms with van der Waals surface area (Å²) in [4.78, 5) is 29.0. The molecule has 0 aliphatic carbocycles. The van der Waals surface area contributed by atoms with Crippen molar-refractivity contribution < 1.29 is 19.0 Å². The summed E-state index contributed by atoms with van der Waals surface area (Å²) >= 11 is 0. The van der Waals surface area contributed by atoms with Crippen LogP contribution in [-0.2, 0) is 6.42 Å². The molecule has 236 valence electrons. The number of aromatic nitrogens is 2. The molecule has 45 heavy (non-hydrogen) atoms. The fraction of sp³-hybridized carbons (Fsp3) is 0.343. The third-order valence-electron chi connectivity index (χ3n) is 7.88. The molecule has 1 fully saturated rings. The van der Waals surface area contributed by atoms with Gasteiger partial charge in [0.2, 0.25) is 5.95 Å². The second-order valence-electron chi connectivity index (χ2n) is 11.2. The third kappa shape index (κ3) is 8.71. The number of ether oxygens (including phenoxy) is 3. The predicted molar refractivity (Wildman–Crippen MR) is 177 cm³/mol. The zero-order chi connectivity index (χ0) is 31.6. The van der Waals surface area contributed by atoms with Gasteiger partial charge in [-0.25, -0.2) is 9.78 Å². The molecule has 0 atom stereocenters. The minimum Gasteiger partial charge on any atom is -0.493 e. The number of rotatable bonds is 12. The normalized spacial score (nSPS) is 13.7. The Kier molecular flexibility index (Phi) is 10.8. The molecule has 1 aliphatic heterocycles. The Morgan fingerprint density at radius 3 is 2.42 bits per heavy atom. The van der Waals surface area contributed by atoms with Crippen molar-refractivity contribution in [2.24, 2.45) is 0 Å². The smallest absolute Gasteiger partial charge is 0.420 e. The molecule has 1 amide bonds. The molecule has 3 aromatic carbocycles. The lowest BCUT2D eigenvalue weighted by Crippen LogP contribution is -2.45. The van der Waals surface area contributed by atoms with Crippen molar-refractivity contribution in [2.75, 3.05) is 70.2 Å². The minimum absolute atomic E-state index is 0.336. The number of anilines is 3. The fourth-order valence-corrected chi connectivity index (χ4v) is 5.20. The van der Waals surface area contributed by atoms with Gasteiger partial charge in [-0.05, 0) is 62.2 Å². The monoisotopic (exact) mass is 610 g/mol. The predicted octanol–water partition coefficient (Wildman–Crippen LogP) is 5.72. The Morgan fingerprint density at radius 2 is 1.69 bits per heavy atom. The van der Waals surface area contributed by atoms with E-state index in [4.69, 9.17) is 19.2 Å². The van der Waals surface area contributed by atoms with Crippen LogP contribution in [0.25, 0.3) is 0 Å². The lowest BCUT2D eigenvalue weighted by Gasteiger charge is -2.32. The minimum atomic E-state index is -0.507. The Hall–Kier alpha value is -4.67. The van der Waals surface area contributed by atoms with E-state index in [-0.39, 0.29) is 0 Å². The number of amides is 1. The first-order valence-electron chi connectivity index (χ1n) is 15.3. The zero-order valence-corrected chi connectivity index (χ0v) is 26.5. The number of hydrogen-bond acceptors (Lipinski definition) is 9. The van der Waals surface area contributed by atoms with E-state index < -0.39 is 6.09 Å². The Morgan fingerprint density at radius 1 is 0.933 bits per heavy atom. The second-order valence-corrected chi connectivity index (χ2v) is 11.2. The van der Waals surface area contributed by atoms with Crippen LogP contribution >= 0.6 is 0 Å². The second kappa shape index (κ2) is 15.4. The molecular formula is C35H42N6O4. The lowest BCUT2D eigenvalue weighted by atomic mass is 10.1. The molecule has 10 nitrogen and oxygen atoms in total. The van der Waals surface area contributed by atoms with Gasteiger partial charge in [0.1, 0.15) is 18.2 Å². The molecule has 0 bridgehead atoms. The van der Waals surface area contributed by atoms with Crippen LogP contribution < -0.4 is 24.4 Å². The van der Waals surface area contributed by atoms with E-state index in [0.717, 1.165) is 55.1 Å². The van der Waals surface area contributed by atoms with Crippen molar-refractivity contribution in [3.05, 3.63) is 95.7 Å². The number of carbonyl (C=O) groups is 1. The average Bonchev–Trinajstić information content (AvgIpc) is 3.05. The number of hydrogen-bond donors (Lipinski definition) is 1. The molecule has 1 N–H and O–H groups in total. The average molecular weight is 611 g/mol. The van der Waals surface area contributed by atoms with E-state index in [1.807, 2.05) is 80.6 Å². The largest absolute Gasteiger partial charge is 0.493 e. The van der Waals surface area contributed by atoms with Crippen LogP contribution in [0, 0.1) is 13.8 Å². The number of benzene rings is 3. The van der Waals surface area contributed by atoms with Crippen LogP contribution in [0.5, 0.6) is 17.2 Å². The number of aryl methyl sites for hydroxylation is 2. The quantitative estimate of drug-likeness (QED) is 0.216. The SMILES string of the molecule is COc1cc(Nc2nccc(N(CCc3ccccc3)C(=O)Oc3c(C)cccc3C)n2)ccc1OCCN1CCN(C)CC1. The summed E-state index contributed by atoms with van der Waals surface area (Å²) < 4.78 is 17.6. The van der Waals surface area contributed by atoms with Gasteiger partial charge >= 0.3 is 6.09 Å². The highest BCUT2D eigenvalue weighted by Gasteiger charge is 2.22. The van der Waals surface area contributed by atoms with Crippen molar-refractivity contribution in [1.82, 2.24) is 19.8 Å². The van der Waals surface area contributed by atoms with Gasteiger partial charge in [0.15, 0.2) is 11.5 Å². The summed E-state index contributed by atoms with van der Waals surface area (Å²) in [5.74, 6) is 2.60. The van der Waals surface area contributed by atoms with Crippen LogP contribution in [0.3, 0.4) is 0 Å². The Labute approximate surface area is 265 Å². The molecule has 1 aromatic heterocycles. The first-order valence-corrected chi connectivity index (χ1v) is 15.3. The van der Waals surface area contributed by atoms with E-state index in [1.165, 1.54) is 0 Å². The molecule has 4 aromatic rings. The van der Waals surface area contributed by atoms with E-state index in [0.29, 0.717) is 48.6 Å². The molecule has 1 saturated heterocycles. The highest BCUT2D eigenvalue weighted by molar-refractivity contribution is 5.88. The maximum Gasteiger partial charge on any atom is 0.420 e. The molecule has 0 radical (unpaired) electrons. The highest BCUT2D eigenvalue weighted by atomic mass is 16.6. The third-order valence-corrected chi connectivity index (χ3v) is 7.88. The summed E-state index contributed by atoms with van der Waals surface area (Å²) in [6.45, 7) is 9.91. The van der Waals surface area contributed by atoms with Gasteiger partial charge in [0, 0.05) is 57.2 Å². The van der Waals surface area contributed by atoms with Crippen molar-refractivity contribution in [3.8, 4) is 17.2 Å². The summed E-state index contributed by atoms with van der Waals surface area (Å²) in [6, 6.07) is 23.1.